The molecule has 0 aromatic rings. The Morgan fingerprint density at radius 3 is 1.65 bits per heavy atom. The summed E-state index contributed by atoms with van der Waals surface area (Å²) in [6.07, 6.45) is -4.41. The first kappa shape index (κ1) is 29.5. The van der Waals surface area contributed by atoms with E-state index >= 15 is 0 Å². The minimum absolute atomic E-state index is 0. The molecule has 0 bridgehead atoms. The van der Waals surface area contributed by atoms with Gasteiger partial charge in [-0.25, -0.2) is 0 Å². The second kappa shape index (κ2) is 16.0. The first-order valence-corrected chi connectivity index (χ1v) is 7.09. The summed E-state index contributed by atoms with van der Waals surface area (Å²) >= 11 is 0. The van der Waals surface area contributed by atoms with Crippen LogP contribution in [0.2, 0.25) is 0 Å². The number of nitrogens with zero attached hydrogens (tertiary/aromatic N) is 1. The molecule has 0 spiro atoms. The second-order valence-electron chi connectivity index (χ2n) is 5.11. The van der Waals surface area contributed by atoms with Crippen LogP contribution in [0, 0.1) is 10.1 Å². The van der Waals surface area contributed by atoms with Gasteiger partial charge in [-0.15, -0.1) is 10.1 Å². The van der Waals surface area contributed by atoms with E-state index in [2.05, 4.69) is 0 Å². The number of aliphatic hydroxyl groups excluding tert-OH is 4. The Labute approximate surface area is 163 Å². The van der Waals surface area contributed by atoms with Crippen LogP contribution in [-0.2, 0) is 30.7 Å². The number of aldehydes is 1. The number of carbonyl (C=O) groups excluding carboxylic acids is 2. The summed E-state index contributed by atoms with van der Waals surface area (Å²) in [6.45, 7) is 0. The van der Waals surface area contributed by atoms with E-state index in [4.69, 9.17) is 47.2 Å². The van der Waals surface area contributed by atoms with Crippen molar-refractivity contribution in [3.8, 4) is 0 Å². The van der Waals surface area contributed by atoms with Gasteiger partial charge in [0.25, 0.3) is 5.09 Å². The van der Waals surface area contributed by atoms with Gasteiger partial charge in [-0.05, 0) is 0 Å². The van der Waals surface area contributed by atoms with Crippen LogP contribution >= 0.6 is 0 Å². The zero-order chi connectivity index (χ0) is 20.2. The van der Waals surface area contributed by atoms with Crippen molar-refractivity contribution in [3.63, 3.8) is 0 Å². The summed E-state index contributed by atoms with van der Waals surface area (Å²) < 4.78 is 0. The third kappa shape index (κ3) is 14.0. The molecule has 1 fully saturated rings. The normalized spacial score (nSPS) is 23.2. The van der Waals surface area contributed by atoms with E-state index in [0.29, 0.717) is 0 Å². The average molecular weight is 563 g/mol. The average Bonchev–Trinajstić information content (AvgIpc) is 2.54. The zero-order valence-electron chi connectivity index (χ0n) is 13.4. The Bertz CT molecular complexity index is 403. The minimum Gasteiger partial charge on any atom is -0.676 e. The summed E-state index contributed by atoms with van der Waals surface area (Å²) in [7, 11) is 0. The van der Waals surface area contributed by atoms with Crippen LogP contribution in [0.25, 0.3) is 11.5 Å². The number of aliphatic carboxylic acids is 1. The molecule has 0 heterocycles. The summed E-state index contributed by atoms with van der Waals surface area (Å²) in [5.74, 6) is -2.01. The molecule has 0 radical (unpaired) electrons. The van der Waals surface area contributed by atoms with Crippen molar-refractivity contribution in [3.05, 3.63) is 21.6 Å². The Morgan fingerprint density at radius 2 is 1.42 bits per heavy atom. The molecule has 1 aliphatic carbocycles. The Balaban J connectivity index is -0.000000346. The molecule has 26 heavy (non-hydrogen) atoms. The van der Waals surface area contributed by atoms with Crippen LogP contribution in [-0.4, -0.2) is 79.5 Å². The van der Waals surface area contributed by atoms with Gasteiger partial charge in [0, 0.05) is 0 Å². The number of carbonyl (C=O) groups is 2. The topological polar surface area (TPSA) is 249 Å². The molecule has 0 aliphatic heterocycles. The van der Waals surface area contributed by atoms with Crippen molar-refractivity contribution in [2.75, 3.05) is 0 Å². The SMILES string of the molecule is O=C[C@H](O)[C@@H](O)[C@H](O)[C@H](O)C(=O)[O-].O=[N+]([O-])O.[NH-]C1CCCCC1[NH-].[Pt+4]. The number of hydrogen-bond acceptors (Lipinski definition) is 9. The van der Waals surface area contributed by atoms with Gasteiger partial charge in [-0.2, -0.15) is 12.1 Å². The third-order valence-electron chi connectivity index (χ3n) is 3.17. The molecule has 0 aromatic carbocycles. The smallest absolute Gasteiger partial charge is 0.676 e. The monoisotopic (exact) mass is 563 g/mol. The minimum atomic E-state index is -2.36. The number of hydrogen-bond donors (Lipinski definition) is 5. The quantitative estimate of drug-likeness (QED) is 0.133. The van der Waals surface area contributed by atoms with E-state index in [0.717, 1.165) is 12.8 Å². The molecule has 154 valence electrons. The molecule has 0 amide bonds. The molecule has 0 aromatic heterocycles. The van der Waals surface area contributed by atoms with E-state index in [1.165, 1.54) is 12.8 Å². The first-order valence-electron chi connectivity index (χ1n) is 7.09. The van der Waals surface area contributed by atoms with E-state index < -0.39 is 35.5 Å². The summed E-state index contributed by atoms with van der Waals surface area (Å²) in [4.78, 5) is 28.2. The van der Waals surface area contributed by atoms with Gasteiger partial charge in [0.15, 0.2) is 6.29 Å². The van der Waals surface area contributed by atoms with Crippen LogP contribution in [0.5, 0.6) is 0 Å². The maximum Gasteiger partial charge on any atom is 4.00 e. The van der Waals surface area contributed by atoms with E-state index in [1.54, 1.807) is 0 Å². The van der Waals surface area contributed by atoms with Gasteiger partial charge < -0.3 is 51.8 Å². The number of aliphatic hydroxyl groups is 4. The van der Waals surface area contributed by atoms with Crippen LogP contribution < -0.4 is 5.11 Å². The van der Waals surface area contributed by atoms with Crippen molar-refractivity contribution >= 4 is 12.3 Å². The van der Waals surface area contributed by atoms with Crippen molar-refractivity contribution in [1.82, 2.24) is 0 Å². The molecule has 13 nitrogen and oxygen atoms in total. The van der Waals surface area contributed by atoms with Gasteiger partial charge in [0.1, 0.15) is 24.4 Å². The molecule has 7 N–H and O–H groups in total. The second-order valence-corrected chi connectivity index (χ2v) is 5.11. The number of carboxylic acid groups (broad SMARTS) is 1. The molecule has 0 saturated heterocycles. The zero-order valence-corrected chi connectivity index (χ0v) is 15.7. The van der Waals surface area contributed by atoms with E-state index in [-0.39, 0.29) is 39.4 Å². The van der Waals surface area contributed by atoms with Crippen LogP contribution in [0.4, 0.5) is 0 Å². The van der Waals surface area contributed by atoms with Gasteiger partial charge in [0.05, 0.1) is 5.97 Å². The number of carboxylic acids is 1. The van der Waals surface area contributed by atoms with Crippen LogP contribution in [0.15, 0.2) is 0 Å². The van der Waals surface area contributed by atoms with Crippen LogP contribution in [0.1, 0.15) is 25.7 Å². The van der Waals surface area contributed by atoms with Crippen molar-refractivity contribution in [2.24, 2.45) is 0 Å². The van der Waals surface area contributed by atoms with Gasteiger partial charge in [0.2, 0.25) is 0 Å². The Kier molecular flexibility index (Phi) is 18.2. The molecular formula is C12H22N3O10Pt+. The van der Waals surface area contributed by atoms with Crippen LogP contribution in [0.3, 0.4) is 0 Å². The maximum absolute atomic E-state index is 9.95. The standard InChI is InChI=1S/C6H12N2.C6H10O7.HNO3.Pt/c7-5-3-1-2-4-6(5)8;7-1-2(8)3(9)4(10)5(11)6(12)13;2-1(3)4;/h5-8H,1-4H2;1-5,8-11H,(H,12,13);(H,2,3,4);/q-2;;;+4/p-1/t;2-,3+,4-,5-;;/m.0../s1. The van der Waals surface area contributed by atoms with Crippen molar-refractivity contribution in [2.45, 2.75) is 62.2 Å². The molecule has 1 aliphatic rings. The Hall–Kier alpha value is -1.21. The molecule has 14 heteroatoms. The first-order chi connectivity index (χ1) is 11.4. The maximum atomic E-state index is 9.95. The van der Waals surface area contributed by atoms with Crippen molar-refractivity contribution < 1.29 is 66.5 Å². The summed E-state index contributed by atoms with van der Waals surface area (Å²) in [5.41, 5.74) is 14.6. The fourth-order valence-electron chi connectivity index (χ4n) is 1.74. The molecular weight excluding hydrogens is 541 g/mol. The van der Waals surface area contributed by atoms with Gasteiger partial charge in [-0.3, -0.25) is 0 Å². The predicted octanol–water partition coefficient (Wildman–Crippen LogP) is -2.57. The fourth-order valence-corrected chi connectivity index (χ4v) is 1.74. The van der Waals surface area contributed by atoms with Gasteiger partial charge in [-0.1, -0.05) is 25.7 Å². The van der Waals surface area contributed by atoms with E-state index in [1.807, 2.05) is 0 Å². The number of nitrogens with one attached hydrogen (secondary N) is 2. The van der Waals surface area contributed by atoms with Gasteiger partial charge >= 0.3 is 21.1 Å². The molecule has 6 atom stereocenters. The largest absolute Gasteiger partial charge is 4.00 e. The van der Waals surface area contributed by atoms with Crippen molar-refractivity contribution in [1.29, 1.82) is 0 Å². The van der Waals surface area contributed by atoms with E-state index in [9.17, 15) is 14.7 Å². The summed E-state index contributed by atoms with van der Waals surface area (Å²) in [6, 6.07) is -0.160. The Morgan fingerprint density at radius 1 is 1.08 bits per heavy atom. The third-order valence-corrected chi connectivity index (χ3v) is 3.17. The number of rotatable bonds is 5. The molecule has 1 saturated carbocycles. The fraction of sp³-hybridized carbons (Fsp3) is 0.833. The molecule has 1 rings (SSSR count). The predicted molar refractivity (Wildman–Crippen MR) is 78.6 cm³/mol. The molecule has 2 unspecified atom stereocenters. The summed E-state index contributed by atoms with van der Waals surface area (Å²) in [5, 5.41) is 58.5.